The number of fused-ring (bicyclic) bond motifs is 1. The molecule has 2 fully saturated rings. The van der Waals surface area contributed by atoms with Crippen molar-refractivity contribution in [3.63, 3.8) is 0 Å². The average Bonchev–Trinajstić information content (AvgIpc) is 3.78. The minimum Gasteiger partial charge on any atom is -0.339 e. The molecule has 1 aliphatic carbocycles. The minimum absolute atomic E-state index is 0.0775. The van der Waals surface area contributed by atoms with Gasteiger partial charge in [-0.05, 0) is 74.4 Å². The van der Waals surface area contributed by atoms with Crippen molar-refractivity contribution >= 4 is 22.5 Å². The van der Waals surface area contributed by atoms with Crippen LogP contribution in [0.2, 0.25) is 0 Å². The fourth-order valence-corrected chi connectivity index (χ4v) is 5.80. The number of nitrogens with zero attached hydrogens (tertiary/aromatic N) is 2. The van der Waals surface area contributed by atoms with E-state index in [-0.39, 0.29) is 23.1 Å². The number of para-hydroxylation sites is 1. The van der Waals surface area contributed by atoms with Crippen molar-refractivity contribution in [3.8, 4) is 0 Å². The zero-order valence-corrected chi connectivity index (χ0v) is 25.0. The van der Waals surface area contributed by atoms with E-state index < -0.39 is 12.5 Å². The number of benzene rings is 3. The first-order valence-corrected chi connectivity index (χ1v) is 15.0. The molecule has 0 radical (unpaired) electrons. The number of hydrogen-bond donors (Lipinski definition) is 1. The number of allylic oxidation sites excluding steroid dienone is 1. The fraction of sp³-hybridized carbons (Fsp3) is 0.333. The van der Waals surface area contributed by atoms with Gasteiger partial charge in [-0.3, -0.25) is 14.8 Å². The Morgan fingerprint density at radius 1 is 0.955 bits per heavy atom. The van der Waals surface area contributed by atoms with Crippen LogP contribution in [0.25, 0.3) is 10.9 Å². The maximum absolute atomic E-state index is 13.9. The lowest BCUT2D eigenvalue weighted by Gasteiger charge is -2.32. The number of likely N-dealkylation sites (tertiary alicyclic amines) is 1. The Labute approximate surface area is 255 Å². The van der Waals surface area contributed by atoms with Crippen LogP contribution in [0.5, 0.6) is 0 Å². The second-order valence-electron chi connectivity index (χ2n) is 11.8. The summed E-state index contributed by atoms with van der Waals surface area (Å²) < 4.78 is 56.5. The molecule has 0 atom stereocenters. The van der Waals surface area contributed by atoms with Crippen molar-refractivity contribution in [1.29, 1.82) is 5.41 Å². The van der Waals surface area contributed by atoms with Crippen molar-refractivity contribution < 1.29 is 22.4 Å². The fourth-order valence-electron chi connectivity index (χ4n) is 5.80. The molecule has 3 aromatic carbocycles. The molecular weight excluding hydrogens is 566 g/mol. The molecule has 0 spiro atoms. The van der Waals surface area contributed by atoms with Gasteiger partial charge in [-0.1, -0.05) is 48.5 Å². The van der Waals surface area contributed by atoms with Crippen LogP contribution < -0.4 is 0 Å². The van der Waals surface area contributed by atoms with Gasteiger partial charge in [-0.2, -0.15) is 8.78 Å². The van der Waals surface area contributed by atoms with Crippen LogP contribution in [0.1, 0.15) is 83.4 Å². The van der Waals surface area contributed by atoms with Crippen LogP contribution in [0.3, 0.4) is 0 Å². The second-order valence-corrected chi connectivity index (χ2v) is 11.8. The second kappa shape index (κ2) is 12.8. The molecule has 0 unspecified atom stereocenters. The topological polar surface area (TPSA) is 49.1 Å². The summed E-state index contributed by atoms with van der Waals surface area (Å²) in [6.07, 6.45) is 5.97. The van der Waals surface area contributed by atoms with E-state index in [1.54, 1.807) is 48.2 Å². The molecule has 6 rings (SSSR count). The zero-order chi connectivity index (χ0) is 31.6. The highest BCUT2D eigenvalue weighted by Gasteiger charge is 2.29. The van der Waals surface area contributed by atoms with Crippen molar-refractivity contribution in [2.45, 2.75) is 57.9 Å². The highest BCUT2D eigenvalue weighted by Crippen LogP contribution is 2.36. The molecule has 1 N–H and O–H groups in total. The van der Waals surface area contributed by atoms with E-state index >= 15 is 0 Å². The Kier molecular flexibility index (Phi) is 9.09. The lowest BCUT2D eigenvalue weighted by Crippen LogP contribution is -2.38. The SMILES string of the molecule is C=CC1CC1.Cc1cc(C(=O)N2CCC(c3cc4ccccc4n3C(F)F)CC2)ccc1C(=N)c1cccc(C(C)(F)F)c1. The number of hydrogen-bond acceptors (Lipinski definition) is 2. The number of piperidine rings is 1. The number of aryl methyl sites for hydroxylation is 1. The molecular formula is C36H37F4N3O. The zero-order valence-electron chi connectivity index (χ0n) is 25.0. The lowest BCUT2D eigenvalue weighted by molar-refractivity contribution is 0.0174. The normalized spacial score (nSPS) is 15.7. The molecule has 230 valence electrons. The molecule has 4 nitrogen and oxygen atoms in total. The Morgan fingerprint density at radius 3 is 2.25 bits per heavy atom. The van der Waals surface area contributed by atoms with E-state index in [2.05, 4.69) is 6.58 Å². The van der Waals surface area contributed by atoms with Crippen molar-refractivity contribution in [2.24, 2.45) is 5.92 Å². The number of halogens is 4. The number of carbonyl (C=O) groups is 1. The first-order valence-electron chi connectivity index (χ1n) is 15.0. The molecule has 2 aliphatic rings. The highest BCUT2D eigenvalue weighted by molar-refractivity contribution is 6.12. The van der Waals surface area contributed by atoms with Gasteiger partial charge in [0.25, 0.3) is 11.8 Å². The summed E-state index contributed by atoms with van der Waals surface area (Å²) in [4.78, 5) is 15.0. The number of aromatic nitrogens is 1. The summed E-state index contributed by atoms with van der Waals surface area (Å²) in [5, 5.41) is 9.36. The maximum Gasteiger partial charge on any atom is 0.319 e. The molecule has 2 heterocycles. The van der Waals surface area contributed by atoms with Crippen LogP contribution >= 0.6 is 0 Å². The number of carbonyl (C=O) groups excluding carboxylic acids is 1. The van der Waals surface area contributed by atoms with E-state index in [1.807, 2.05) is 24.3 Å². The van der Waals surface area contributed by atoms with Crippen LogP contribution in [-0.2, 0) is 5.92 Å². The first-order chi connectivity index (χ1) is 21.0. The Morgan fingerprint density at radius 2 is 1.66 bits per heavy atom. The van der Waals surface area contributed by atoms with Gasteiger partial charge in [-0.25, -0.2) is 8.78 Å². The summed E-state index contributed by atoms with van der Waals surface area (Å²) in [7, 11) is 0. The molecule has 1 saturated heterocycles. The summed E-state index contributed by atoms with van der Waals surface area (Å²) in [6, 6.07) is 19.8. The quantitative estimate of drug-likeness (QED) is 0.128. The summed E-state index contributed by atoms with van der Waals surface area (Å²) in [6.45, 7) is 4.49. The minimum atomic E-state index is -3.01. The standard InChI is InChI=1S/C31H29F4N3O.C5H8/c1-19-16-23(10-11-25(19)28(36)22-7-5-8-24(17-22)31(2,34)35)29(39)37-14-12-20(13-15-37)27-18-21-6-3-4-9-26(21)38(27)30(32)33;1-2-5-3-4-5/h3-11,16-18,20,30,36H,12-15H2,1-2H3;2,5H,1,3-4H2. The average molecular weight is 604 g/mol. The van der Waals surface area contributed by atoms with Gasteiger partial charge in [0.2, 0.25) is 0 Å². The number of nitrogens with one attached hydrogen (secondary N) is 1. The van der Waals surface area contributed by atoms with Gasteiger partial charge in [0.1, 0.15) is 0 Å². The number of rotatable bonds is 7. The van der Waals surface area contributed by atoms with Crippen molar-refractivity contribution in [2.75, 3.05) is 13.1 Å². The van der Waals surface area contributed by atoms with Gasteiger partial charge in [-0.15, -0.1) is 6.58 Å². The molecule has 1 aliphatic heterocycles. The van der Waals surface area contributed by atoms with E-state index in [1.165, 1.54) is 31.0 Å². The predicted molar refractivity (Wildman–Crippen MR) is 167 cm³/mol. The van der Waals surface area contributed by atoms with Crippen LogP contribution in [0.4, 0.5) is 17.6 Å². The summed E-state index contributed by atoms with van der Waals surface area (Å²) >= 11 is 0. The molecule has 1 aromatic heterocycles. The van der Waals surface area contributed by atoms with Gasteiger partial charge in [0, 0.05) is 59.3 Å². The molecule has 44 heavy (non-hydrogen) atoms. The monoisotopic (exact) mass is 603 g/mol. The Bertz CT molecular complexity index is 1670. The number of alkyl halides is 4. The van der Waals surface area contributed by atoms with Crippen LogP contribution in [0.15, 0.2) is 85.5 Å². The van der Waals surface area contributed by atoms with Crippen molar-refractivity contribution in [3.05, 3.63) is 119 Å². The van der Waals surface area contributed by atoms with Gasteiger partial charge in [0.15, 0.2) is 0 Å². The highest BCUT2D eigenvalue weighted by atomic mass is 19.3. The van der Waals surface area contributed by atoms with Crippen LogP contribution in [-0.4, -0.2) is 34.2 Å². The molecule has 1 amide bonds. The van der Waals surface area contributed by atoms with E-state index in [0.717, 1.165) is 22.8 Å². The van der Waals surface area contributed by atoms with E-state index in [0.29, 0.717) is 59.4 Å². The summed E-state index contributed by atoms with van der Waals surface area (Å²) in [5.41, 5.74) is 3.15. The third kappa shape index (κ3) is 6.79. The molecule has 1 saturated carbocycles. The van der Waals surface area contributed by atoms with E-state index in [4.69, 9.17) is 5.41 Å². The van der Waals surface area contributed by atoms with Crippen LogP contribution in [0, 0.1) is 18.3 Å². The van der Waals surface area contributed by atoms with Gasteiger partial charge in [0.05, 0.1) is 11.2 Å². The Balaban J connectivity index is 0.000000698. The number of amides is 1. The predicted octanol–water partition coefficient (Wildman–Crippen LogP) is 9.47. The maximum atomic E-state index is 13.9. The molecule has 4 aromatic rings. The third-order valence-corrected chi connectivity index (χ3v) is 8.53. The Hall–Kier alpha value is -4.20. The molecule has 0 bridgehead atoms. The summed E-state index contributed by atoms with van der Waals surface area (Å²) in [5.74, 6) is -2.34. The lowest BCUT2D eigenvalue weighted by atomic mass is 9.92. The van der Waals surface area contributed by atoms with Gasteiger partial charge >= 0.3 is 6.55 Å². The first kappa shape index (κ1) is 31.2. The van der Waals surface area contributed by atoms with Crippen molar-refractivity contribution in [1.82, 2.24) is 9.47 Å². The van der Waals surface area contributed by atoms with Gasteiger partial charge < -0.3 is 4.90 Å². The third-order valence-electron chi connectivity index (χ3n) is 8.53. The largest absolute Gasteiger partial charge is 0.339 e. The van der Waals surface area contributed by atoms with E-state index in [9.17, 15) is 22.4 Å². The molecule has 8 heteroatoms. The smallest absolute Gasteiger partial charge is 0.319 e.